The molecule has 19 heteroatoms. The van der Waals surface area contributed by atoms with Gasteiger partial charge in [-0.1, -0.05) is 128 Å². The van der Waals surface area contributed by atoms with Crippen LogP contribution in [0.4, 0.5) is 0 Å². The van der Waals surface area contributed by atoms with E-state index in [4.69, 9.17) is 57.2 Å². The zero-order valence-electron chi connectivity index (χ0n) is 44.9. The zero-order chi connectivity index (χ0) is 48.8. The van der Waals surface area contributed by atoms with E-state index >= 15 is 0 Å². The van der Waals surface area contributed by atoms with Crippen molar-refractivity contribution >= 4 is 51.9 Å². The highest BCUT2D eigenvalue weighted by atomic mass is 28.4. The van der Waals surface area contributed by atoms with E-state index in [0.717, 1.165) is 49.9 Å². The van der Waals surface area contributed by atoms with Crippen molar-refractivity contribution in [2.75, 3.05) is 85.3 Å². The smallest absolute Gasteiger partial charge is 0.455 e. The molecule has 0 N–H and O–H groups in total. The first-order valence-electron chi connectivity index (χ1n) is 25.6. The summed E-state index contributed by atoms with van der Waals surface area (Å²) in [7, 11) is 6.72. The van der Waals surface area contributed by atoms with E-state index in [1.807, 2.05) is 0 Å². The molecule has 0 aliphatic rings. The summed E-state index contributed by atoms with van der Waals surface area (Å²) in [6.07, 6.45) is 29.5. The Morgan fingerprint density at radius 1 is 0.200 bits per heavy atom. The van der Waals surface area contributed by atoms with Crippen LogP contribution in [0.2, 0.25) is 61.4 Å². The van der Waals surface area contributed by atoms with E-state index in [9.17, 15) is 0 Å². The van der Waals surface area contributed by atoms with Crippen molar-refractivity contribution in [3.8, 4) is 0 Å². The van der Waals surface area contributed by atoms with Gasteiger partial charge in [-0.25, -0.2) is 0 Å². The van der Waals surface area contributed by atoms with Crippen molar-refractivity contribution in [3.05, 3.63) is 0 Å². The minimum absolute atomic E-state index is 0.880. The second-order valence-corrected chi connectivity index (χ2v) is 39.8. The quantitative estimate of drug-likeness (QED) is 0.0425. The zero-order valence-corrected chi connectivity index (χ0v) is 50.9. The van der Waals surface area contributed by atoms with Crippen molar-refractivity contribution in [1.82, 2.24) is 0 Å². The maximum Gasteiger partial charge on any atom is 0.500 e. The van der Waals surface area contributed by atoms with Crippen LogP contribution in [0.25, 0.3) is 0 Å². The third-order valence-electron chi connectivity index (χ3n) is 13.8. The number of unbranched alkanes of at least 4 members (excludes halogenated alkanes) is 20. The highest BCUT2D eigenvalue weighted by molar-refractivity contribution is 6.86. The standard InChI is InChI=1S/C46H106O13Si6/c1-47-62(48-2,49-3)43-35-27-19-15-23-31-39-60(13,14)59-61(40-32-24-16-20-28-36-44-63(50-4,51-5)52-6,41-33-25-17-21-29-37-45-64(53-7,54-8)55-9)42-34-26-18-22-30-38-46-65(56-10,57-11)58-12/h15-46H2,1-14H3. The van der Waals surface area contributed by atoms with Gasteiger partial charge in [-0.3, -0.25) is 0 Å². The molecule has 0 aromatic rings. The van der Waals surface area contributed by atoms with Gasteiger partial charge in [-0.05, 0) is 63.0 Å². The molecule has 0 radical (unpaired) electrons. The summed E-state index contributed by atoms with van der Waals surface area (Å²) in [5.74, 6) is 0. The second kappa shape index (κ2) is 39.4. The molecule has 0 saturated heterocycles. The van der Waals surface area contributed by atoms with Crippen molar-refractivity contribution in [3.63, 3.8) is 0 Å². The molecule has 0 spiro atoms. The van der Waals surface area contributed by atoms with Gasteiger partial charge in [0.25, 0.3) is 0 Å². The van der Waals surface area contributed by atoms with Crippen LogP contribution in [-0.4, -0.2) is 137 Å². The Morgan fingerprint density at radius 3 is 0.538 bits per heavy atom. The summed E-state index contributed by atoms with van der Waals surface area (Å²) in [6, 6.07) is 8.70. The van der Waals surface area contributed by atoms with Crippen LogP contribution in [0.15, 0.2) is 0 Å². The SMILES string of the molecule is CO[Si](CCCCCCCC[Si](C)(C)O[Si](CCCCCCCC[Si](OC)(OC)OC)(CCCCCCCC[Si](OC)(OC)OC)CCCCCCCC[Si](OC)(OC)OC)(OC)OC. The molecule has 0 aliphatic heterocycles. The minimum Gasteiger partial charge on any atom is -0.455 e. The predicted molar refractivity (Wildman–Crippen MR) is 281 cm³/mol. The van der Waals surface area contributed by atoms with Gasteiger partial charge in [0.1, 0.15) is 0 Å². The summed E-state index contributed by atoms with van der Waals surface area (Å²) >= 11 is 0. The Labute approximate surface area is 408 Å². The normalized spacial score (nSPS) is 13.4. The molecule has 0 unspecified atom stereocenters. The molecule has 0 heterocycles. The average Bonchev–Trinajstić information content (AvgIpc) is 3.33. The van der Waals surface area contributed by atoms with Crippen LogP contribution in [-0.2, 0) is 57.2 Å². The maximum atomic E-state index is 7.83. The van der Waals surface area contributed by atoms with Gasteiger partial charge in [-0.15, -0.1) is 0 Å². The van der Waals surface area contributed by atoms with Gasteiger partial charge in [0.05, 0.1) is 0 Å². The van der Waals surface area contributed by atoms with Crippen LogP contribution in [0.1, 0.15) is 154 Å². The molecule has 392 valence electrons. The molecular formula is C46H106O13Si6. The van der Waals surface area contributed by atoms with E-state index < -0.39 is 51.9 Å². The molecular weight excluding hydrogens is 929 g/mol. The van der Waals surface area contributed by atoms with Crippen LogP contribution >= 0.6 is 0 Å². The van der Waals surface area contributed by atoms with Crippen LogP contribution < -0.4 is 0 Å². The lowest BCUT2D eigenvalue weighted by Gasteiger charge is -2.40. The van der Waals surface area contributed by atoms with E-state index in [0.29, 0.717) is 0 Å². The van der Waals surface area contributed by atoms with Crippen LogP contribution in [0.3, 0.4) is 0 Å². The van der Waals surface area contributed by atoms with Crippen molar-refractivity contribution in [2.45, 2.75) is 216 Å². The molecule has 0 fully saturated rings. The van der Waals surface area contributed by atoms with Crippen molar-refractivity contribution in [2.24, 2.45) is 0 Å². The first-order valence-corrected chi connectivity index (χ1v) is 39.0. The van der Waals surface area contributed by atoms with Crippen molar-refractivity contribution in [1.29, 1.82) is 0 Å². The van der Waals surface area contributed by atoms with Crippen LogP contribution in [0, 0.1) is 0 Å². The fourth-order valence-electron chi connectivity index (χ4n) is 9.48. The monoisotopic (exact) mass is 1030 g/mol. The lowest BCUT2D eigenvalue weighted by Crippen LogP contribution is -2.48. The summed E-state index contributed by atoms with van der Waals surface area (Å²) in [4.78, 5) is 0. The second-order valence-electron chi connectivity index (χ2n) is 18.7. The molecule has 0 aliphatic carbocycles. The minimum atomic E-state index is -2.49. The Morgan fingerprint density at radius 2 is 0.354 bits per heavy atom. The Kier molecular flexibility index (Phi) is 39.9. The lowest BCUT2D eigenvalue weighted by atomic mass is 10.1. The van der Waals surface area contributed by atoms with Gasteiger partial charge < -0.3 is 57.2 Å². The van der Waals surface area contributed by atoms with Gasteiger partial charge in [-0.2, -0.15) is 0 Å². The first kappa shape index (κ1) is 65.8. The molecule has 65 heavy (non-hydrogen) atoms. The molecule has 0 saturated carbocycles. The molecule has 0 bridgehead atoms. The maximum absolute atomic E-state index is 7.83. The Hall–Kier alpha value is 0.781. The first-order chi connectivity index (χ1) is 31.3. The predicted octanol–water partition coefficient (Wildman–Crippen LogP) is 13.0. The fourth-order valence-corrected chi connectivity index (χ4v) is 27.5. The van der Waals surface area contributed by atoms with E-state index in [-0.39, 0.29) is 0 Å². The molecule has 0 atom stereocenters. The summed E-state index contributed by atoms with van der Waals surface area (Å²) < 4.78 is 75.7. The fraction of sp³-hybridized carbons (Fsp3) is 1.00. The van der Waals surface area contributed by atoms with Gasteiger partial charge in [0.2, 0.25) is 0 Å². The van der Waals surface area contributed by atoms with Crippen LogP contribution in [0.5, 0.6) is 0 Å². The largest absolute Gasteiger partial charge is 0.500 e. The topological polar surface area (TPSA) is 120 Å². The highest BCUT2D eigenvalue weighted by Gasteiger charge is 2.41. The Balaban J connectivity index is 5.71. The Bertz CT molecular complexity index is 949. The van der Waals surface area contributed by atoms with Gasteiger partial charge >= 0.3 is 35.2 Å². The molecule has 0 rings (SSSR count). The van der Waals surface area contributed by atoms with Crippen molar-refractivity contribution < 1.29 is 57.2 Å². The molecule has 0 aromatic carbocycles. The van der Waals surface area contributed by atoms with Gasteiger partial charge in [0, 0.05) is 109 Å². The summed E-state index contributed by atoms with van der Waals surface area (Å²) in [5.41, 5.74) is 0. The molecule has 13 nitrogen and oxygen atoms in total. The number of rotatable bonds is 50. The summed E-state index contributed by atoms with van der Waals surface area (Å²) in [6.45, 7) is 5.07. The summed E-state index contributed by atoms with van der Waals surface area (Å²) in [5, 5.41) is 0. The average molecular weight is 1040 g/mol. The molecule has 0 amide bonds. The lowest BCUT2D eigenvalue weighted by molar-refractivity contribution is 0.122. The third-order valence-corrected chi connectivity index (χ3v) is 34.5. The number of hydrogen-bond donors (Lipinski definition) is 0. The number of hydrogen-bond acceptors (Lipinski definition) is 13. The van der Waals surface area contributed by atoms with E-state index in [1.54, 1.807) is 85.3 Å². The molecule has 0 aromatic heterocycles. The van der Waals surface area contributed by atoms with E-state index in [2.05, 4.69) is 13.1 Å². The van der Waals surface area contributed by atoms with Gasteiger partial charge in [0.15, 0.2) is 16.6 Å². The third kappa shape index (κ3) is 28.4. The van der Waals surface area contributed by atoms with E-state index in [1.165, 1.54) is 153 Å². The highest BCUT2D eigenvalue weighted by Crippen LogP contribution is 2.36.